The number of nitrogens with one attached hydrogen (secondary N) is 1. The molecule has 1 N–H and O–H groups in total. The van der Waals surface area contributed by atoms with Gasteiger partial charge in [0.25, 0.3) is 0 Å². The van der Waals surface area contributed by atoms with Gasteiger partial charge in [0.15, 0.2) is 5.78 Å². The Morgan fingerprint density at radius 2 is 1.83 bits per heavy atom. The predicted octanol–water partition coefficient (Wildman–Crippen LogP) is 7.65. The van der Waals surface area contributed by atoms with Crippen LogP contribution in [0.5, 0.6) is 5.75 Å². The van der Waals surface area contributed by atoms with Gasteiger partial charge in [0.1, 0.15) is 11.6 Å². The van der Waals surface area contributed by atoms with Crippen molar-refractivity contribution in [3.63, 3.8) is 0 Å². The highest BCUT2D eigenvalue weighted by atomic mass is 32.1. The molecule has 0 aliphatic heterocycles. The van der Waals surface area contributed by atoms with Crippen molar-refractivity contribution in [1.29, 1.82) is 0 Å². The summed E-state index contributed by atoms with van der Waals surface area (Å²) in [7, 11) is 1.65. The summed E-state index contributed by atoms with van der Waals surface area (Å²) in [5.41, 5.74) is 3.57. The first-order valence-electron chi connectivity index (χ1n) is 14.8. The number of benzene rings is 2. The fourth-order valence-corrected chi connectivity index (χ4v) is 6.35. The first-order valence-corrected chi connectivity index (χ1v) is 15.7. The molecule has 0 aliphatic carbocycles. The quantitative estimate of drug-likeness (QED) is 0.148. The molecule has 0 fully saturated rings. The van der Waals surface area contributed by atoms with Crippen molar-refractivity contribution >= 4 is 34.1 Å². The van der Waals surface area contributed by atoms with E-state index in [1.54, 1.807) is 18.4 Å². The van der Waals surface area contributed by atoms with Crippen LogP contribution in [0.2, 0.25) is 0 Å². The molecule has 0 spiro atoms. The number of fused-ring (bicyclic) bond motifs is 1. The van der Waals surface area contributed by atoms with Gasteiger partial charge in [-0.15, -0.1) is 11.3 Å². The van der Waals surface area contributed by atoms with Crippen LogP contribution in [0.25, 0.3) is 11.0 Å². The number of thiophene rings is 1. The van der Waals surface area contributed by atoms with Crippen molar-refractivity contribution in [3.8, 4) is 5.75 Å². The number of para-hydroxylation sites is 1. The highest BCUT2D eigenvalue weighted by Crippen LogP contribution is 2.29. The summed E-state index contributed by atoms with van der Waals surface area (Å²) >= 11 is 1.74. The number of hydrogen-bond acceptors (Lipinski definition) is 5. The van der Waals surface area contributed by atoms with Crippen LogP contribution in [0, 0.1) is 11.8 Å². The third kappa shape index (κ3) is 7.64. The number of amides is 1. The Morgan fingerprint density at radius 3 is 2.51 bits per heavy atom. The average molecular weight is 574 g/mol. The zero-order chi connectivity index (χ0) is 29.4. The lowest BCUT2D eigenvalue weighted by Crippen LogP contribution is -2.34. The van der Waals surface area contributed by atoms with Crippen LogP contribution in [0.3, 0.4) is 0 Å². The van der Waals surface area contributed by atoms with Crippen molar-refractivity contribution in [2.24, 2.45) is 11.8 Å². The molecule has 0 saturated heterocycles. The number of Topliss-reactive ketones (excluding diaryl/α,β-unsaturated/α-hetero) is 1. The SMILES string of the molecule is CCC(CC)n1c(Cc2cccs2)nc2cc(C(=O)C[C@@H](CC(C)C)C(=O)NCCc3ccccc3OC)ccc21. The third-order valence-corrected chi connectivity index (χ3v) is 8.63. The Labute approximate surface area is 248 Å². The minimum Gasteiger partial charge on any atom is -0.496 e. The minimum atomic E-state index is -0.382. The summed E-state index contributed by atoms with van der Waals surface area (Å²) in [5, 5.41) is 5.17. The van der Waals surface area contributed by atoms with Crippen LogP contribution >= 0.6 is 11.3 Å². The number of carbonyl (C=O) groups is 2. The van der Waals surface area contributed by atoms with Gasteiger partial charge in [-0.2, -0.15) is 0 Å². The highest BCUT2D eigenvalue weighted by molar-refractivity contribution is 7.09. The smallest absolute Gasteiger partial charge is 0.223 e. The van der Waals surface area contributed by atoms with Crippen LogP contribution in [0.15, 0.2) is 60.0 Å². The maximum Gasteiger partial charge on any atom is 0.223 e. The summed E-state index contributed by atoms with van der Waals surface area (Å²) in [4.78, 5) is 33.1. The standard InChI is InChI=1S/C34H43N3O3S/c1-6-27(7-2)37-30-15-14-25(20-29(30)36-33(37)22-28-12-10-18-41-28)31(38)21-26(19-23(3)4)34(39)35-17-16-24-11-8-9-13-32(24)40-5/h8-15,18,20,23,26-27H,6-7,16-17,19,21-22H2,1-5H3,(H,35,39)/t26-/m1/s1. The van der Waals surface area contributed by atoms with Crippen LogP contribution in [-0.2, 0) is 17.6 Å². The van der Waals surface area contributed by atoms with Crippen LogP contribution in [-0.4, -0.2) is 34.9 Å². The van der Waals surface area contributed by atoms with E-state index in [9.17, 15) is 9.59 Å². The Kier molecular flexibility index (Phi) is 10.7. The fraction of sp³-hybridized carbons (Fsp3) is 0.441. The Morgan fingerprint density at radius 1 is 1.05 bits per heavy atom. The Hall–Kier alpha value is -3.45. The van der Waals surface area contributed by atoms with Gasteiger partial charge < -0.3 is 14.6 Å². The van der Waals surface area contributed by atoms with E-state index >= 15 is 0 Å². The molecule has 1 atom stereocenters. The second kappa shape index (κ2) is 14.4. The highest BCUT2D eigenvalue weighted by Gasteiger charge is 2.25. The molecule has 2 heterocycles. The van der Waals surface area contributed by atoms with Crippen molar-refractivity contribution < 1.29 is 14.3 Å². The Bertz CT molecular complexity index is 1440. The molecule has 0 radical (unpaired) electrons. The number of hydrogen-bond donors (Lipinski definition) is 1. The topological polar surface area (TPSA) is 73.2 Å². The molecule has 0 unspecified atom stereocenters. The average Bonchev–Trinajstić information content (AvgIpc) is 3.61. The summed E-state index contributed by atoms with van der Waals surface area (Å²) in [6, 6.07) is 18.3. The van der Waals surface area contributed by atoms with Gasteiger partial charge in [-0.25, -0.2) is 4.98 Å². The van der Waals surface area contributed by atoms with Gasteiger partial charge in [0.2, 0.25) is 5.91 Å². The van der Waals surface area contributed by atoms with E-state index in [0.717, 1.165) is 47.4 Å². The normalized spacial score (nSPS) is 12.3. The van der Waals surface area contributed by atoms with E-state index < -0.39 is 0 Å². The number of methoxy groups -OCH3 is 1. The molecule has 1 amide bonds. The molecule has 0 aliphatic rings. The molecular weight excluding hydrogens is 530 g/mol. The molecular formula is C34H43N3O3S. The van der Waals surface area contributed by atoms with Crippen LogP contribution in [0.1, 0.15) is 86.0 Å². The van der Waals surface area contributed by atoms with E-state index in [-0.39, 0.29) is 24.0 Å². The molecule has 4 aromatic rings. The van der Waals surface area contributed by atoms with E-state index in [4.69, 9.17) is 9.72 Å². The number of aromatic nitrogens is 2. The third-order valence-electron chi connectivity index (χ3n) is 7.75. The van der Waals surface area contributed by atoms with Gasteiger partial charge >= 0.3 is 0 Å². The summed E-state index contributed by atoms with van der Waals surface area (Å²) < 4.78 is 7.79. The van der Waals surface area contributed by atoms with E-state index in [2.05, 4.69) is 55.1 Å². The lowest BCUT2D eigenvalue weighted by atomic mass is 9.89. The maximum absolute atomic E-state index is 13.5. The van der Waals surface area contributed by atoms with Gasteiger partial charge in [0.05, 0.1) is 18.1 Å². The van der Waals surface area contributed by atoms with Gasteiger partial charge in [-0.05, 0) is 72.9 Å². The maximum atomic E-state index is 13.5. The van der Waals surface area contributed by atoms with Crippen molar-refractivity contribution in [1.82, 2.24) is 14.9 Å². The van der Waals surface area contributed by atoms with Crippen LogP contribution < -0.4 is 10.1 Å². The van der Waals surface area contributed by atoms with Crippen molar-refractivity contribution in [2.75, 3.05) is 13.7 Å². The van der Waals surface area contributed by atoms with E-state index in [0.29, 0.717) is 36.9 Å². The molecule has 6 nitrogen and oxygen atoms in total. The Balaban J connectivity index is 1.51. The number of rotatable bonds is 15. The van der Waals surface area contributed by atoms with Crippen LogP contribution in [0.4, 0.5) is 0 Å². The fourth-order valence-electron chi connectivity index (χ4n) is 5.65. The lowest BCUT2D eigenvalue weighted by molar-refractivity contribution is -0.125. The largest absolute Gasteiger partial charge is 0.496 e. The molecule has 2 aromatic heterocycles. The van der Waals surface area contributed by atoms with Gasteiger partial charge in [0, 0.05) is 41.8 Å². The second-order valence-electron chi connectivity index (χ2n) is 11.1. The predicted molar refractivity (Wildman–Crippen MR) is 168 cm³/mol. The molecule has 0 bridgehead atoms. The summed E-state index contributed by atoms with van der Waals surface area (Å²) in [5.74, 6) is 1.68. The molecule has 4 rings (SSSR count). The summed E-state index contributed by atoms with van der Waals surface area (Å²) in [6.45, 7) is 9.09. The number of nitrogens with zero attached hydrogens (tertiary/aromatic N) is 2. The van der Waals surface area contributed by atoms with Gasteiger partial charge in [-0.1, -0.05) is 52.0 Å². The zero-order valence-corrected chi connectivity index (χ0v) is 25.8. The van der Waals surface area contributed by atoms with Crippen molar-refractivity contribution in [2.45, 2.75) is 72.3 Å². The monoisotopic (exact) mass is 573 g/mol. The van der Waals surface area contributed by atoms with Crippen molar-refractivity contribution in [3.05, 3.63) is 81.8 Å². The van der Waals surface area contributed by atoms with E-state index in [1.165, 1.54) is 4.88 Å². The number of imidazole rings is 1. The number of ether oxygens (including phenoxy) is 1. The lowest BCUT2D eigenvalue weighted by Gasteiger charge is -2.19. The zero-order valence-electron chi connectivity index (χ0n) is 25.0. The second-order valence-corrected chi connectivity index (χ2v) is 12.2. The molecule has 2 aromatic carbocycles. The molecule has 7 heteroatoms. The first kappa shape index (κ1) is 30.5. The van der Waals surface area contributed by atoms with E-state index in [1.807, 2.05) is 42.5 Å². The van der Waals surface area contributed by atoms with Gasteiger partial charge in [-0.3, -0.25) is 9.59 Å². The minimum absolute atomic E-state index is 0.0191. The molecule has 0 saturated carbocycles. The molecule has 218 valence electrons. The molecule has 41 heavy (non-hydrogen) atoms. The first-order chi connectivity index (χ1) is 19.8. The number of ketones is 1. The number of carbonyl (C=O) groups excluding carboxylic acids is 2. The summed E-state index contributed by atoms with van der Waals surface area (Å²) in [6.07, 6.45) is 4.31.